The SMILES string of the molecule is CCOC(=O)C1=C(C)N=c2sc(=Cc3ccc(-c4ccc(Br)cc4)o3)c(=O)n2[C@H]1c1ccccc1. The van der Waals surface area contributed by atoms with E-state index in [0.717, 1.165) is 15.6 Å². The van der Waals surface area contributed by atoms with Crippen LogP contribution in [-0.2, 0) is 9.53 Å². The minimum atomic E-state index is -0.622. The van der Waals surface area contributed by atoms with Gasteiger partial charge in [-0.15, -0.1) is 0 Å². The number of allylic oxidation sites excluding steroid dienone is 1. The molecule has 3 heterocycles. The van der Waals surface area contributed by atoms with E-state index in [1.165, 1.54) is 11.3 Å². The zero-order chi connectivity index (χ0) is 24.5. The average molecular weight is 549 g/mol. The van der Waals surface area contributed by atoms with Crippen molar-refractivity contribution >= 4 is 39.3 Å². The zero-order valence-electron chi connectivity index (χ0n) is 19.0. The molecule has 8 heteroatoms. The van der Waals surface area contributed by atoms with E-state index in [2.05, 4.69) is 20.9 Å². The van der Waals surface area contributed by atoms with E-state index in [0.29, 0.717) is 32.1 Å². The van der Waals surface area contributed by atoms with Crippen LogP contribution in [0.1, 0.15) is 31.2 Å². The summed E-state index contributed by atoms with van der Waals surface area (Å²) in [5, 5.41) is 0. The first-order chi connectivity index (χ1) is 17.0. The van der Waals surface area contributed by atoms with Crippen molar-refractivity contribution in [3.8, 4) is 11.3 Å². The molecule has 35 heavy (non-hydrogen) atoms. The van der Waals surface area contributed by atoms with Crippen molar-refractivity contribution in [2.75, 3.05) is 6.61 Å². The maximum absolute atomic E-state index is 13.6. The Bertz CT molecular complexity index is 1610. The summed E-state index contributed by atoms with van der Waals surface area (Å²) in [6, 6.07) is 20.4. The quantitative estimate of drug-likeness (QED) is 0.335. The van der Waals surface area contributed by atoms with Crippen LogP contribution in [0.2, 0.25) is 0 Å². The van der Waals surface area contributed by atoms with Gasteiger partial charge in [-0.05, 0) is 43.7 Å². The third-order valence-electron chi connectivity index (χ3n) is 5.66. The lowest BCUT2D eigenvalue weighted by molar-refractivity contribution is -0.139. The summed E-state index contributed by atoms with van der Waals surface area (Å²) in [6.07, 6.45) is 1.72. The standard InChI is InChI=1S/C27H21BrN2O4S/c1-3-33-26(32)23-16(2)29-27-30(24(23)18-7-5-4-6-8-18)25(31)22(35-27)15-20-13-14-21(34-20)17-9-11-19(28)12-10-17/h4-15,24H,3H2,1-2H3/t24-/m0/s1. The van der Waals surface area contributed by atoms with Gasteiger partial charge in [0, 0.05) is 16.1 Å². The Morgan fingerprint density at radius 3 is 2.60 bits per heavy atom. The molecule has 0 unspecified atom stereocenters. The number of rotatable bonds is 5. The lowest BCUT2D eigenvalue weighted by Gasteiger charge is -2.24. The van der Waals surface area contributed by atoms with Crippen LogP contribution in [0.3, 0.4) is 0 Å². The fourth-order valence-corrected chi connectivity index (χ4v) is 5.36. The predicted molar refractivity (Wildman–Crippen MR) is 139 cm³/mol. The van der Waals surface area contributed by atoms with E-state index in [1.807, 2.05) is 66.7 Å². The molecule has 0 spiro atoms. The van der Waals surface area contributed by atoms with E-state index in [9.17, 15) is 9.59 Å². The van der Waals surface area contributed by atoms with Crippen LogP contribution in [0.15, 0.2) is 96.7 Å². The van der Waals surface area contributed by atoms with Gasteiger partial charge in [-0.25, -0.2) is 9.79 Å². The molecular formula is C27H21BrN2O4S. The molecule has 0 saturated heterocycles. The number of benzene rings is 2. The second kappa shape index (κ2) is 9.64. The second-order valence-electron chi connectivity index (χ2n) is 7.92. The van der Waals surface area contributed by atoms with Crippen molar-refractivity contribution in [2.45, 2.75) is 19.9 Å². The van der Waals surface area contributed by atoms with E-state index in [4.69, 9.17) is 9.15 Å². The van der Waals surface area contributed by atoms with Crippen molar-refractivity contribution < 1.29 is 13.9 Å². The molecule has 0 fully saturated rings. The number of hydrogen-bond acceptors (Lipinski definition) is 6. The number of halogens is 1. The topological polar surface area (TPSA) is 73.8 Å². The van der Waals surface area contributed by atoms with Gasteiger partial charge >= 0.3 is 5.97 Å². The van der Waals surface area contributed by atoms with E-state index < -0.39 is 12.0 Å². The van der Waals surface area contributed by atoms with E-state index in [-0.39, 0.29) is 12.2 Å². The number of aromatic nitrogens is 1. The number of thiazole rings is 1. The Morgan fingerprint density at radius 2 is 1.89 bits per heavy atom. The van der Waals surface area contributed by atoms with Crippen LogP contribution in [0.25, 0.3) is 17.4 Å². The molecule has 0 saturated carbocycles. The largest absolute Gasteiger partial charge is 0.463 e. The Labute approximate surface area is 213 Å². The van der Waals surface area contributed by atoms with Crippen LogP contribution in [0, 0.1) is 0 Å². The summed E-state index contributed by atoms with van der Waals surface area (Å²) >= 11 is 4.71. The summed E-state index contributed by atoms with van der Waals surface area (Å²) in [5.74, 6) is 0.798. The van der Waals surface area contributed by atoms with Gasteiger partial charge < -0.3 is 9.15 Å². The smallest absolute Gasteiger partial charge is 0.338 e. The van der Waals surface area contributed by atoms with Crippen molar-refractivity contribution in [2.24, 2.45) is 4.99 Å². The molecule has 2 aromatic heterocycles. The number of furan rings is 1. The zero-order valence-corrected chi connectivity index (χ0v) is 21.4. The van der Waals surface area contributed by atoms with Gasteiger partial charge in [0.25, 0.3) is 5.56 Å². The fourth-order valence-electron chi connectivity index (χ4n) is 4.07. The molecule has 0 aliphatic carbocycles. The number of carbonyl (C=O) groups is 1. The first-order valence-corrected chi connectivity index (χ1v) is 12.7. The highest BCUT2D eigenvalue weighted by Gasteiger charge is 2.33. The maximum atomic E-state index is 13.6. The van der Waals surface area contributed by atoms with Crippen LogP contribution in [-0.4, -0.2) is 17.1 Å². The van der Waals surface area contributed by atoms with Crippen LogP contribution in [0.5, 0.6) is 0 Å². The molecule has 176 valence electrons. The van der Waals surface area contributed by atoms with E-state index in [1.54, 1.807) is 24.5 Å². The number of ether oxygens (including phenoxy) is 1. The summed E-state index contributed by atoms with van der Waals surface area (Å²) in [6.45, 7) is 3.77. The third kappa shape index (κ3) is 4.47. The number of fused-ring (bicyclic) bond motifs is 1. The van der Waals surface area contributed by atoms with Gasteiger partial charge in [-0.2, -0.15) is 0 Å². The Kier molecular flexibility index (Phi) is 6.40. The molecule has 0 bridgehead atoms. The van der Waals surface area contributed by atoms with Gasteiger partial charge in [-0.3, -0.25) is 9.36 Å². The minimum Gasteiger partial charge on any atom is -0.463 e. The summed E-state index contributed by atoms with van der Waals surface area (Å²) in [5.41, 5.74) is 2.42. The highest BCUT2D eigenvalue weighted by Crippen LogP contribution is 2.30. The summed E-state index contributed by atoms with van der Waals surface area (Å²) in [7, 11) is 0. The molecule has 0 radical (unpaired) electrons. The Hall–Kier alpha value is -3.49. The van der Waals surface area contributed by atoms with Crippen molar-refractivity contribution in [3.05, 3.63) is 113 Å². The normalized spacial score (nSPS) is 15.6. The van der Waals surface area contributed by atoms with Gasteiger partial charge in [0.1, 0.15) is 11.5 Å². The van der Waals surface area contributed by atoms with Crippen molar-refractivity contribution in [3.63, 3.8) is 0 Å². The lowest BCUT2D eigenvalue weighted by Crippen LogP contribution is -2.39. The highest BCUT2D eigenvalue weighted by atomic mass is 79.9. The fraction of sp³-hybridized carbons (Fsp3) is 0.148. The number of nitrogens with zero attached hydrogens (tertiary/aromatic N) is 2. The van der Waals surface area contributed by atoms with Crippen LogP contribution in [0.4, 0.5) is 0 Å². The minimum absolute atomic E-state index is 0.237. The van der Waals surface area contributed by atoms with Crippen LogP contribution >= 0.6 is 27.3 Å². The van der Waals surface area contributed by atoms with Crippen molar-refractivity contribution in [1.29, 1.82) is 0 Å². The summed E-state index contributed by atoms with van der Waals surface area (Å²) < 4.78 is 14.3. The molecule has 1 aliphatic heterocycles. The Balaban J connectivity index is 1.62. The van der Waals surface area contributed by atoms with Gasteiger partial charge in [0.05, 0.1) is 28.5 Å². The van der Waals surface area contributed by atoms with E-state index >= 15 is 0 Å². The Morgan fingerprint density at radius 1 is 1.14 bits per heavy atom. The molecule has 1 aliphatic rings. The highest BCUT2D eigenvalue weighted by molar-refractivity contribution is 9.10. The van der Waals surface area contributed by atoms with Crippen molar-refractivity contribution in [1.82, 2.24) is 4.57 Å². The average Bonchev–Trinajstić information content (AvgIpc) is 3.44. The van der Waals surface area contributed by atoms with Gasteiger partial charge in [-0.1, -0.05) is 69.7 Å². The molecule has 1 atom stereocenters. The molecular weight excluding hydrogens is 528 g/mol. The predicted octanol–water partition coefficient (Wildman–Crippen LogP) is 4.82. The molecule has 4 aromatic rings. The number of hydrogen-bond donors (Lipinski definition) is 0. The molecule has 0 amide bonds. The first kappa shape index (κ1) is 23.3. The van der Waals surface area contributed by atoms with Gasteiger partial charge in [0.2, 0.25) is 0 Å². The molecule has 0 N–H and O–H groups in total. The number of carbonyl (C=O) groups excluding carboxylic acids is 1. The molecule has 5 rings (SSSR count). The summed E-state index contributed by atoms with van der Waals surface area (Å²) in [4.78, 5) is 31.6. The molecule has 2 aromatic carbocycles. The maximum Gasteiger partial charge on any atom is 0.338 e. The third-order valence-corrected chi connectivity index (χ3v) is 7.17. The second-order valence-corrected chi connectivity index (χ2v) is 9.85. The lowest BCUT2D eigenvalue weighted by atomic mass is 9.96. The van der Waals surface area contributed by atoms with Crippen LogP contribution < -0.4 is 14.9 Å². The first-order valence-electron chi connectivity index (χ1n) is 11.1. The molecule has 6 nitrogen and oxygen atoms in total. The number of esters is 1. The monoisotopic (exact) mass is 548 g/mol. The van der Waals surface area contributed by atoms with Gasteiger partial charge in [0.15, 0.2) is 4.80 Å².